The average molecular weight is 408 g/mol. The third kappa shape index (κ3) is 3.96. The number of rotatable bonds is 5. The van der Waals surface area contributed by atoms with Crippen LogP contribution < -0.4 is 10.6 Å². The second-order valence-corrected chi connectivity index (χ2v) is 6.54. The largest absolute Gasteiger partial charge is 0.416 e. The molecule has 0 bridgehead atoms. The Morgan fingerprint density at radius 1 is 1.25 bits per heavy atom. The summed E-state index contributed by atoms with van der Waals surface area (Å²) in [7, 11) is 0. The second kappa shape index (κ2) is 7.55. The van der Waals surface area contributed by atoms with Gasteiger partial charge in [0.25, 0.3) is 5.91 Å². The molecule has 146 valence electrons. The lowest BCUT2D eigenvalue weighted by Crippen LogP contribution is -2.37. The Morgan fingerprint density at radius 2 is 2.00 bits per heavy atom. The van der Waals surface area contributed by atoms with Gasteiger partial charge in [-0.05, 0) is 42.0 Å². The molecule has 1 aromatic carbocycles. The molecule has 0 saturated carbocycles. The number of pyridine rings is 1. The zero-order valence-electron chi connectivity index (χ0n) is 14.4. The highest BCUT2D eigenvalue weighted by Crippen LogP contribution is 2.34. The third-order valence-corrected chi connectivity index (χ3v) is 4.64. The zero-order valence-corrected chi connectivity index (χ0v) is 15.2. The molecule has 0 aliphatic carbocycles. The van der Waals surface area contributed by atoms with Crippen molar-refractivity contribution in [3.63, 3.8) is 0 Å². The minimum Gasteiger partial charge on any atom is -0.370 e. The Balaban J connectivity index is 1.98. The molecule has 2 aromatic rings. The van der Waals surface area contributed by atoms with E-state index < -0.39 is 29.6 Å². The minimum atomic E-state index is -4.57. The van der Waals surface area contributed by atoms with Crippen LogP contribution in [0.5, 0.6) is 0 Å². The maximum absolute atomic E-state index is 13.0. The van der Waals surface area contributed by atoms with Crippen molar-refractivity contribution in [2.75, 3.05) is 4.90 Å². The molecule has 0 unspecified atom stereocenters. The van der Waals surface area contributed by atoms with E-state index in [-0.39, 0.29) is 23.8 Å². The Labute approximate surface area is 163 Å². The number of benzene rings is 1. The van der Waals surface area contributed by atoms with E-state index in [9.17, 15) is 22.8 Å². The number of nitrogens with two attached hydrogens (primary N) is 1. The number of anilines is 1. The number of alkyl halides is 3. The van der Waals surface area contributed by atoms with Crippen molar-refractivity contribution in [2.24, 2.45) is 5.73 Å². The van der Waals surface area contributed by atoms with Crippen LogP contribution in [0, 0.1) is 0 Å². The monoisotopic (exact) mass is 408 g/mol. The highest BCUT2D eigenvalue weighted by Gasteiger charge is 2.44. The number of aromatic nitrogens is 1. The van der Waals surface area contributed by atoms with Gasteiger partial charge < -0.3 is 10.6 Å². The van der Waals surface area contributed by atoms with Crippen LogP contribution in [0.1, 0.15) is 17.5 Å². The third-order valence-electron chi connectivity index (χ3n) is 4.22. The molecule has 1 fully saturated rings. The van der Waals surface area contributed by atoms with E-state index in [1.807, 2.05) is 0 Å². The van der Waals surface area contributed by atoms with Crippen LogP contribution in [0.25, 0.3) is 0 Å². The molecule has 1 aliphatic heterocycles. The van der Waals surface area contributed by atoms with Gasteiger partial charge in [-0.3, -0.25) is 19.5 Å². The van der Waals surface area contributed by atoms with E-state index in [1.165, 1.54) is 17.0 Å². The molecule has 0 radical (unpaired) electrons. The van der Waals surface area contributed by atoms with Crippen molar-refractivity contribution in [1.29, 1.82) is 0 Å². The summed E-state index contributed by atoms with van der Waals surface area (Å²) < 4.78 is 39.1. The number of carbonyl (C=O) groups excluding carboxylic acids is 2. The van der Waals surface area contributed by atoms with Crippen LogP contribution in [-0.2, 0) is 22.3 Å². The lowest BCUT2D eigenvalue weighted by molar-refractivity contribution is -0.137. The van der Waals surface area contributed by atoms with Crippen molar-refractivity contribution >= 4 is 34.8 Å². The first-order valence-corrected chi connectivity index (χ1v) is 8.58. The van der Waals surface area contributed by atoms with Gasteiger partial charge in [-0.25, -0.2) is 0 Å². The SMILES string of the molecule is NC(=O)C[C@@H]1C(=O)N(c2cccc(C(F)(F)F)c2)C(=S)N1Cc1cccnc1. The van der Waals surface area contributed by atoms with Crippen LogP contribution in [0.15, 0.2) is 48.8 Å². The first-order chi connectivity index (χ1) is 13.2. The highest BCUT2D eigenvalue weighted by atomic mass is 32.1. The van der Waals surface area contributed by atoms with Gasteiger partial charge in [0.2, 0.25) is 5.91 Å². The molecule has 6 nitrogen and oxygen atoms in total. The van der Waals surface area contributed by atoms with E-state index in [2.05, 4.69) is 4.98 Å². The van der Waals surface area contributed by atoms with Gasteiger partial charge in [0.05, 0.1) is 17.7 Å². The molecule has 2 N–H and O–H groups in total. The van der Waals surface area contributed by atoms with Gasteiger partial charge in [-0.2, -0.15) is 13.2 Å². The van der Waals surface area contributed by atoms with E-state index in [0.717, 1.165) is 22.6 Å². The van der Waals surface area contributed by atoms with Crippen molar-refractivity contribution in [3.8, 4) is 0 Å². The van der Waals surface area contributed by atoms with Crippen LogP contribution in [0.2, 0.25) is 0 Å². The number of halogens is 3. The van der Waals surface area contributed by atoms with Crippen LogP contribution in [0.4, 0.5) is 18.9 Å². The molecular formula is C18H15F3N4O2S. The molecule has 2 heterocycles. The first-order valence-electron chi connectivity index (χ1n) is 8.17. The number of amides is 2. The van der Waals surface area contributed by atoms with Crippen molar-refractivity contribution in [1.82, 2.24) is 9.88 Å². The van der Waals surface area contributed by atoms with Crippen molar-refractivity contribution in [2.45, 2.75) is 25.2 Å². The minimum absolute atomic E-state index is 0.000530. The smallest absolute Gasteiger partial charge is 0.370 e. The van der Waals surface area contributed by atoms with Crippen molar-refractivity contribution < 1.29 is 22.8 Å². The number of hydrogen-bond acceptors (Lipinski definition) is 4. The van der Waals surface area contributed by atoms with Gasteiger partial charge in [0, 0.05) is 18.9 Å². The number of primary amides is 1. The molecule has 1 atom stereocenters. The molecule has 1 saturated heterocycles. The maximum Gasteiger partial charge on any atom is 0.416 e. The van der Waals surface area contributed by atoms with E-state index in [1.54, 1.807) is 24.5 Å². The van der Waals surface area contributed by atoms with Gasteiger partial charge in [-0.1, -0.05) is 12.1 Å². The van der Waals surface area contributed by atoms with Gasteiger partial charge in [-0.15, -0.1) is 0 Å². The summed E-state index contributed by atoms with van der Waals surface area (Å²) >= 11 is 5.36. The fourth-order valence-corrected chi connectivity index (χ4v) is 3.34. The first kappa shape index (κ1) is 19.7. The van der Waals surface area contributed by atoms with E-state index in [0.29, 0.717) is 0 Å². The molecule has 28 heavy (non-hydrogen) atoms. The average Bonchev–Trinajstić information content (AvgIpc) is 2.86. The summed E-state index contributed by atoms with van der Waals surface area (Å²) in [6.07, 6.45) is -1.73. The molecule has 10 heteroatoms. The summed E-state index contributed by atoms with van der Waals surface area (Å²) in [5.41, 5.74) is 5.06. The molecular weight excluding hydrogens is 393 g/mol. The van der Waals surface area contributed by atoms with E-state index >= 15 is 0 Å². The Hall–Kier alpha value is -3.01. The number of hydrogen-bond donors (Lipinski definition) is 1. The topological polar surface area (TPSA) is 79.5 Å². The van der Waals surface area contributed by atoms with E-state index in [4.69, 9.17) is 18.0 Å². The van der Waals surface area contributed by atoms with Crippen LogP contribution in [0.3, 0.4) is 0 Å². The Bertz CT molecular complexity index is 921. The lowest BCUT2D eigenvalue weighted by Gasteiger charge is -2.23. The predicted octanol–water partition coefficient (Wildman–Crippen LogP) is 2.48. The summed E-state index contributed by atoms with van der Waals surface area (Å²) in [4.78, 5) is 30.8. The van der Waals surface area contributed by atoms with Gasteiger partial charge in [0.1, 0.15) is 6.04 Å². The maximum atomic E-state index is 13.0. The number of thiocarbonyl (C=S) groups is 1. The van der Waals surface area contributed by atoms with Crippen LogP contribution in [-0.4, -0.2) is 32.9 Å². The van der Waals surface area contributed by atoms with Gasteiger partial charge >= 0.3 is 6.18 Å². The van der Waals surface area contributed by atoms with Crippen LogP contribution >= 0.6 is 12.2 Å². The van der Waals surface area contributed by atoms with Crippen molar-refractivity contribution in [3.05, 3.63) is 59.9 Å². The summed E-state index contributed by atoms with van der Waals surface area (Å²) in [6, 6.07) is 6.76. The number of nitrogens with zero attached hydrogens (tertiary/aromatic N) is 3. The Morgan fingerprint density at radius 3 is 2.61 bits per heavy atom. The fraction of sp³-hybridized carbons (Fsp3) is 0.222. The fourth-order valence-electron chi connectivity index (χ4n) is 2.95. The quantitative estimate of drug-likeness (QED) is 0.769. The standard InChI is InChI=1S/C18H15F3N4O2S/c19-18(20,21)12-4-1-5-13(7-12)25-16(27)14(8-15(22)26)24(17(25)28)10-11-3-2-6-23-9-11/h1-7,9,14H,8,10H2,(H2,22,26)/t14-/m1/s1. The molecule has 3 rings (SSSR count). The summed E-state index contributed by atoms with van der Waals surface area (Å²) in [6.45, 7) is 0.159. The predicted molar refractivity (Wildman–Crippen MR) is 98.9 cm³/mol. The van der Waals surface area contributed by atoms with Gasteiger partial charge in [0.15, 0.2) is 5.11 Å². The normalized spacial score (nSPS) is 17.3. The molecule has 1 aromatic heterocycles. The summed E-state index contributed by atoms with van der Waals surface area (Å²) in [5, 5.41) is -0.000530. The Kier molecular flexibility index (Phi) is 5.32. The molecule has 2 amide bonds. The molecule has 0 spiro atoms. The zero-order chi connectivity index (χ0) is 20.5. The molecule has 1 aliphatic rings. The number of carbonyl (C=O) groups is 2. The summed E-state index contributed by atoms with van der Waals surface area (Å²) in [5.74, 6) is -1.32. The second-order valence-electron chi connectivity index (χ2n) is 6.18. The highest BCUT2D eigenvalue weighted by molar-refractivity contribution is 7.80. The lowest BCUT2D eigenvalue weighted by atomic mass is 10.1.